The monoisotopic (exact) mass is 374 g/mol. The number of hydrogen-bond donors (Lipinski definition) is 7. The Morgan fingerprint density at radius 3 is 1.43 bits per heavy atom. The van der Waals surface area contributed by atoms with E-state index in [9.17, 15) is 13.7 Å². The van der Waals surface area contributed by atoms with Gasteiger partial charge < -0.3 is 34.7 Å². The molecule has 0 amide bonds. The van der Waals surface area contributed by atoms with Gasteiger partial charge in [0.15, 0.2) is 0 Å². The first-order valence-electron chi connectivity index (χ1n) is 5.57. The summed E-state index contributed by atoms with van der Waals surface area (Å²) in [5, 5.41) is 0.584. The number of piperidine rings is 1. The van der Waals surface area contributed by atoms with E-state index in [1.165, 1.54) is 0 Å². The smallest absolute Gasteiger partial charge is 0.311 e. The topological polar surface area (TPSA) is 212 Å². The number of nitrogens with one attached hydrogen (secondary N) is 1. The van der Waals surface area contributed by atoms with Crippen LogP contribution in [0.1, 0.15) is 0 Å². The van der Waals surface area contributed by atoms with E-state index < -0.39 is 54.9 Å². The molecule has 0 radical (unpaired) electrons. The van der Waals surface area contributed by atoms with Gasteiger partial charge in [-0.3, -0.25) is 13.6 Å². The first-order valence-corrected chi connectivity index (χ1v) is 9.71. The second kappa shape index (κ2) is 6.81. The molecule has 0 aromatic heterocycles. The van der Waals surface area contributed by atoms with Crippen molar-refractivity contribution >= 4 is 23.5 Å². The largest absolute Gasteiger partial charge is 0.470 e. The first-order chi connectivity index (χ1) is 9.66. The Hall–Kier alpha value is 0.290. The van der Waals surface area contributed by atoms with Crippen molar-refractivity contribution in [2.45, 2.75) is 18.3 Å². The summed E-state index contributed by atoms with van der Waals surface area (Å²) in [6.45, 7) is -1.12. The van der Waals surface area contributed by atoms with Gasteiger partial charge in [0, 0.05) is 13.1 Å². The molecule has 1 fully saturated rings. The van der Waals surface area contributed by atoms with E-state index >= 15 is 0 Å². The van der Waals surface area contributed by atoms with Gasteiger partial charge in [0.25, 0.3) is 0 Å². The Bertz CT molecular complexity index is 491. The number of rotatable bonds is 6. The zero-order valence-electron chi connectivity index (χ0n) is 11.1. The summed E-state index contributed by atoms with van der Waals surface area (Å²) in [5.41, 5.74) is 0. The normalized spacial score (nSPS) is 27.6. The molecule has 21 heavy (non-hydrogen) atoms. The van der Waals surface area contributed by atoms with Gasteiger partial charge in [0.2, 0.25) is 0 Å². The highest BCUT2D eigenvalue weighted by atomic mass is 31.2. The second-order valence-electron chi connectivity index (χ2n) is 3.92. The fourth-order valence-electron chi connectivity index (χ4n) is 1.61. The van der Waals surface area contributed by atoms with Crippen molar-refractivity contribution < 1.29 is 58.0 Å². The van der Waals surface area contributed by atoms with Crippen LogP contribution in [0.4, 0.5) is 0 Å². The Balaban J connectivity index is 3.07. The van der Waals surface area contributed by atoms with E-state index in [1.807, 2.05) is 0 Å². The van der Waals surface area contributed by atoms with Crippen molar-refractivity contribution in [2.24, 2.45) is 0 Å². The molecular weight excluding hydrogens is 359 g/mol. The highest BCUT2D eigenvalue weighted by molar-refractivity contribution is 7.47. The van der Waals surface area contributed by atoms with Crippen LogP contribution in [0, 0.1) is 0 Å². The van der Waals surface area contributed by atoms with E-state index in [1.54, 1.807) is 0 Å². The van der Waals surface area contributed by atoms with Crippen molar-refractivity contribution in [2.75, 3.05) is 13.1 Å². The first kappa shape index (κ1) is 17.6. The van der Waals surface area contributed by atoms with Gasteiger partial charge >= 0.3 is 23.5 Å². The van der Waals surface area contributed by atoms with Crippen LogP contribution in [-0.4, -0.2) is 60.8 Å². The molecule has 1 heterocycles. The van der Waals surface area contributed by atoms with Gasteiger partial charge in [-0.2, -0.15) is 0 Å². The maximum atomic E-state index is 10.9. The molecule has 1 aliphatic rings. The predicted molar refractivity (Wildman–Crippen MR) is 63.6 cm³/mol. The molecule has 16 heteroatoms. The summed E-state index contributed by atoms with van der Waals surface area (Å²) < 4.78 is 52.8. The van der Waals surface area contributed by atoms with E-state index in [0.29, 0.717) is 5.31 Å². The minimum atomic E-state index is -5.21. The van der Waals surface area contributed by atoms with Gasteiger partial charge in [-0.1, -0.05) is 0 Å². The quantitative estimate of drug-likeness (QED) is 0.251. The van der Waals surface area contributed by atoms with Crippen LogP contribution < -0.4 is 5.31 Å². The summed E-state index contributed by atoms with van der Waals surface area (Å²) in [7, 11) is -15.5. The molecule has 0 spiro atoms. The van der Waals surface area contributed by atoms with Gasteiger partial charge in [-0.05, 0) is 0 Å². The molecule has 1 aliphatic heterocycles. The lowest BCUT2D eigenvalue weighted by molar-refractivity contribution is -0.0666. The van der Waals surface area contributed by atoms with Crippen molar-refractivity contribution in [1.29, 1.82) is 0 Å². The van der Waals surface area contributed by atoms with E-state index in [-0.39, 0.29) is 0 Å². The lowest BCUT2D eigenvalue weighted by Gasteiger charge is -2.37. The van der Waals surface area contributed by atoms with Crippen LogP contribution in [0.25, 0.3) is 0 Å². The van der Waals surface area contributed by atoms with Crippen LogP contribution >= 0.6 is 23.5 Å². The standard InChI is InChI=1S/C5H14NO12P3/c7-19(8,9)16-3-1-6-2-4(17-20(10,11)12)5(3)18-21(13,14)15/h3-6H,1-2H2,(H2,7,8,9)(H2,10,11,12)(H2,13,14,15)/t3-,4-/m1/s1/i/hD. The average molecular weight is 374 g/mol. The minimum Gasteiger partial charge on any atom is -0.311 e. The third-order valence-electron chi connectivity index (χ3n) is 2.16. The molecule has 0 saturated carbocycles. The maximum absolute atomic E-state index is 10.9. The lowest BCUT2D eigenvalue weighted by atomic mass is 10.0. The molecule has 7 N–H and O–H groups in total. The van der Waals surface area contributed by atoms with Gasteiger partial charge in [-0.15, -0.1) is 0 Å². The Morgan fingerprint density at radius 1 is 0.810 bits per heavy atom. The fraction of sp³-hybridized carbons (Fsp3) is 1.00. The summed E-state index contributed by atoms with van der Waals surface area (Å²) >= 11 is 0. The highest BCUT2D eigenvalue weighted by Gasteiger charge is 2.44. The van der Waals surface area contributed by atoms with Crippen LogP contribution in [0.15, 0.2) is 0 Å². The summed E-state index contributed by atoms with van der Waals surface area (Å²) in [4.78, 5) is 52.6. The van der Waals surface area contributed by atoms with Gasteiger partial charge in [0.1, 0.15) is 19.7 Å². The molecular formula is C5H14NO12P3. The molecule has 1 saturated heterocycles. The Kier molecular flexibility index (Phi) is 5.72. The molecule has 1 rings (SSSR count). The minimum absolute atomic E-state index is 0.559. The fourth-order valence-corrected chi connectivity index (χ4v) is 3.28. The Morgan fingerprint density at radius 2 is 1.14 bits per heavy atom. The van der Waals surface area contributed by atoms with Crippen molar-refractivity contribution in [3.63, 3.8) is 0 Å². The van der Waals surface area contributed by atoms with Gasteiger partial charge in [-0.25, -0.2) is 13.7 Å². The predicted octanol–water partition coefficient (Wildman–Crippen LogP) is -1.98. The second-order valence-corrected chi connectivity index (χ2v) is 7.49. The Labute approximate surface area is 119 Å². The van der Waals surface area contributed by atoms with Crippen molar-refractivity contribution in [3.05, 3.63) is 0 Å². The van der Waals surface area contributed by atoms with E-state index in [4.69, 9.17) is 30.8 Å². The number of hydrogen-bond acceptors (Lipinski definition) is 7. The molecule has 126 valence electrons. The summed E-state index contributed by atoms with van der Waals surface area (Å²) in [5.74, 6) is 0. The van der Waals surface area contributed by atoms with Crippen LogP contribution in [0.5, 0.6) is 0 Å². The van der Waals surface area contributed by atoms with Crippen LogP contribution in [0.3, 0.4) is 0 Å². The van der Waals surface area contributed by atoms with Crippen molar-refractivity contribution in [1.82, 2.24) is 5.31 Å². The zero-order chi connectivity index (χ0) is 17.3. The third kappa shape index (κ3) is 7.91. The molecule has 13 nitrogen and oxygen atoms in total. The summed E-state index contributed by atoms with van der Waals surface area (Å²) in [6.07, 6.45) is -5.49. The van der Waals surface area contributed by atoms with Crippen molar-refractivity contribution in [3.8, 4) is 0 Å². The summed E-state index contributed by atoms with van der Waals surface area (Å²) in [6, 6.07) is 0. The highest BCUT2D eigenvalue weighted by Crippen LogP contribution is 2.47. The van der Waals surface area contributed by atoms with Crippen LogP contribution in [-0.2, 0) is 27.3 Å². The SMILES string of the molecule is [2H]N1C[C@@H](OP(=O)(O)O)C(OP(=O)(O)O)[C@H](OP(=O)(O)O)C1. The lowest BCUT2D eigenvalue weighted by Crippen LogP contribution is -2.55. The molecule has 0 aromatic carbocycles. The van der Waals surface area contributed by atoms with E-state index in [2.05, 4.69) is 13.6 Å². The average Bonchev–Trinajstić information content (AvgIpc) is 2.16. The number of phosphoric ester groups is 3. The number of phosphoric acid groups is 3. The zero-order valence-corrected chi connectivity index (χ0v) is 12.8. The molecule has 0 aromatic rings. The third-order valence-corrected chi connectivity index (χ3v) is 3.76. The van der Waals surface area contributed by atoms with Gasteiger partial charge in [0.05, 0.1) is 0 Å². The maximum Gasteiger partial charge on any atom is 0.470 e. The molecule has 0 bridgehead atoms. The molecule has 0 aliphatic carbocycles. The molecule has 0 unspecified atom stereocenters. The van der Waals surface area contributed by atoms with Crippen LogP contribution in [0.2, 0.25) is 1.41 Å². The van der Waals surface area contributed by atoms with E-state index in [0.717, 1.165) is 0 Å². The molecule has 2 atom stereocenters.